The van der Waals surface area contributed by atoms with Crippen molar-refractivity contribution in [2.24, 2.45) is 0 Å². The molecule has 0 atom stereocenters. The van der Waals surface area contributed by atoms with E-state index in [0.717, 1.165) is 16.8 Å². The summed E-state index contributed by atoms with van der Waals surface area (Å²) in [5, 5.41) is 5.64. The van der Waals surface area contributed by atoms with E-state index >= 15 is 0 Å². The Morgan fingerprint density at radius 1 is 0.870 bits per heavy atom. The maximum absolute atomic E-state index is 11.9. The molecule has 0 aliphatic heterocycles. The highest BCUT2D eigenvalue weighted by atomic mass is 16.2. The summed E-state index contributed by atoms with van der Waals surface area (Å²) >= 11 is 0. The highest BCUT2D eigenvalue weighted by Crippen LogP contribution is 2.14. The average molecular weight is 310 g/mol. The molecule has 0 aliphatic carbocycles. The molecule has 2 aromatic rings. The Labute approximate surface area is 136 Å². The van der Waals surface area contributed by atoms with Gasteiger partial charge in [-0.05, 0) is 42.7 Å². The van der Waals surface area contributed by atoms with Crippen LogP contribution in [-0.2, 0) is 16.1 Å². The van der Waals surface area contributed by atoms with Crippen molar-refractivity contribution in [1.29, 1.82) is 0 Å². The minimum atomic E-state index is -0.150. The van der Waals surface area contributed by atoms with Gasteiger partial charge in [0.2, 0.25) is 11.8 Å². The van der Waals surface area contributed by atoms with E-state index in [4.69, 9.17) is 0 Å². The Bertz CT molecular complexity index is 681. The molecule has 120 valence electrons. The van der Waals surface area contributed by atoms with E-state index in [2.05, 4.69) is 10.6 Å². The van der Waals surface area contributed by atoms with Gasteiger partial charge < -0.3 is 10.6 Å². The van der Waals surface area contributed by atoms with Crippen molar-refractivity contribution in [1.82, 2.24) is 5.32 Å². The largest absolute Gasteiger partial charge is 0.352 e. The highest BCUT2D eigenvalue weighted by Gasteiger charge is 2.07. The Kier molecular flexibility index (Phi) is 5.92. The fraction of sp³-hybridized carbons (Fsp3) is 0.263. The number of amides is 2. The van der Waals surface area contributed by atoms with Crippen LogP contribution in [-0.4, -0.2) is 11.8 Å². The summed E-state index contributed by atoms with van der Waals surface area (Å²) in [5.41, 5.74) is 4.12. The van der Waals surface area contributed by atoms with E-state index in [1.807, 2.05) is 62.4 Å². The quantitative estimate of drug-likeness (QED) is 0.859. The summed E-state index contributed by atoms with van der Waals surface area (Å²) in [7, 11) is 0. The van der Waals surface area contributed by atoms with E-state index in [0.29, 0.717) is 6.54 Å². The Balaban J connectivity index is 1.73. The molecule has 0 radical (unpaired) electrons. The number of carbonyl (C=O) groups is 2. The van der Waals surface area contributed by atoms with E-state index in [1.54, 1.807) is 0 Å². The van der Waals surface area contributed by atoms with Crippen LogP contribution in [0.15, 0.2) is 48.5 Å². The fourth-order valence-electron chi connectivity index (χ4n) is 2.15. The minimum Gasteiger partial charge on any atom is -0.352 e. The second-order valence-electron chi connectivity index (χ2n) is 5.61. The van der Waals surface area contributed by atoms with Crippen LogP contribution >= 0.6 is 0 Å². The van der Waals surface area contributed by atoms with Crippen LogP contribution in [0.5, 0.6) is 0 Å². The van der Waals surface area contributed by atoms with Crippen molar-refractivity contribution in [3.05, 3.63) is 65.2 Å². The zero-order valence-electron chi connectivity index (χ0n) is 13.6. The number of carbonyl (C=O) groups excluding carboxylic acids is 2. The zero-order chi connectivity index (χ0) is 16.7. The Morgan fingerprint density at radius 2 is 1.57 bits per heavy atom. The molecule has 2 rings (SSSR count). The molecule has 0 heterocycles. The lowest BCUT2D eigenvalue weighted by molar-refractivity contribution is -0.124. The monoisotopic (exact) mass is 310 g/mol. The maximum atomic E-state index is 11.9. The van der Waals surface area contributed by atoms with Crippen LogP contribution in [0, 0.1) is 13.8 Å². The lowest BCUT2D eigenvalue weighted by Gasteiger charge is -2.08. The summed E-state index contributed by atoms with van der Waals surface area (Å²) in [4.78, 5) is 23.7. The molecule has 0 aliphatic rings. The molecule has 0 fully saturated rings. The number of hydrogen-bond donors (Lipinski definition) is 2. The first-order valence-electron chi connectivity index (χ1n) is 7.72. The van der Waals surface area contributed by atoms with Crippen molar-refractivity contribution < 1.29 is 9.59 Å². The summed E-state index contributed by atoms with van der Waals surface area (Å²) in [6.45, 7) is 4.51. The second kappa shape index (κ2) is 8.13. The molecule has 0 spiro atoms. The SMILES string of the molecule is Cc1ccc(NC(=O)CCC(=O)NCc2ccccc2)cc1C. The van der Waals surface area contributed by atoms with Gasteiger partial charge in [-0.1, -0.05) is 36.4 Å². The van der Waals surface area contributed by atoms with E-state index in [9.17, 15) is 9.59 Å². The van der Waals surface area contributed by atoms with Gasteiger partial charge >= 0.3 is 0 Å². The normalized spacial score (nSPS) is 10.2. The number of aryl methyl sites for hydroxylation is 2. The summed E-state index contributed by atoms with van der Waals surface area (Å²) in [5.74, 6) is -0.271. The number of rotatable bonds is 6. The second-order valence-corrected chi connectivity index (χ2v) is 5.61. The van der Waals surface area contributed by atoms with Gasteiger partial charge in [0.25, 0.3) is 0 Å². The fourth-order valence-corrected chi connectivity index (χ4v) is 2.15. The van der Waals surface area contributed by atoms with Gasteiger partial charge in [-0.3, -0.25) is 9.59 Å². The lowest BCUT2D eigenvalue weighted by Crippen LogP contribution is -2.24. The Hall–Kier alpha value is -2.62. The molecule has 0 bridgehead atoms. The van der Waals surface area contributed by atoms with Gasteiger partial charge in [0.05, 0.1) is 0 Å². The predicted molar refractivity (Wildman–Crippen MR) is 92.1 cm³/mol. The zero-order valence-corrected chi connectivity index (χ0v) is 13.6. The molecule has 2 amide bonds. The molecular weight excluding hydrogens is 288 g/mol. The third kappa shape index (κ3) is 5.58. The number of benzene rings is 2. The first-order chi connectivity index (χ1) is 11.0. The molecule has 0 saturated heterocycles. The van der Waals surface area contributed by atoms with Gasteiger partial charge in [-0.2, -0.15) is 0 Å². The maximum Gasteiger partial charge on any atom is 0.224 e. The Morgan fingerprint density at radius 3 is 2.26 bits per heavy atom. The van der Waals surface area contributed by atoms with Crippen LogP contribution in [0.3, 0.4) is 0 Å². The molecule has 0 aromatic heterocycles. The van der Waals surface area contributed by atoms with Crippen LogP contribution in [0.25, 0.3) is 0 Å². The van der Waals surface area contributed by atoms with Crippen molar-refractivity contribution in [3.8, 4) is 0 Å². The number of hydrogen-bond acceptors (Lipinski definition) is 2. The lowest BCUT2D eigenvalue weighted by atomic mass is 10.1. The van der Waals surface area contributed by atoms with Crippen molar-refractivity contribution in [3.63, 3.8) is 0 Å². The molecule has 4 heteroatoms. The molecule has 0 unspecified atom stereocenters. The van der Waals surface area contributed by atoms with E-state index in [1.165, 1.54) is 5.56 Å². The number of anilines is 1. The molecule has 2 N–H and O–H groups in total. The summed E-state index contributed by atoms with van der Waals surface area (Å²) < 4.78 is 0. The van der Waals surface area contributed by atoms with E-state index in [-0.39, 0.29) is 24.7 Å². The summed E-state index contributed by atoms with van der Waals surface area (Å²) in [6.07, 6.45) is 0.358. The van der Waals surface area contributed by atoms with Gasteiger partial charge in [-0.15, -0.1) is 0 Å². The number of nitrogens with one attached hydrogen (secondary N) is 2. The van der Waals surface area contributed by atoms with Crippen LogP contribution in [0.1, 0.15) is 29.5 Å². The first-order valence-corrected chi connectivity index (χ1v) is 7.72. The van der Waals surface area contributed by atoms with Gasteiger partial charge in [-0.25, -0.2) is 0 Å². The molecule has 0 saturated carbocycles. The van der Waals surface area contributed by atoms with Crippen LogP contribution in [0.2, 0.25) is 0 Å². The third-order valence-corrected chi connectivity index (χ3v) is 3.70. The van der Waals surface area contributed by atoms with Crippen molar-refractivity contribution in [2.45, 2.75) is 33.2 Å². The van der Waals surface area contributed by atoms with Crippen LogP contribution in [0.4, 0.5) is 5.69 Å². The van der Waals surface area contributed by atoms with Gasteiger partial charge in [0.15, 0.2) is 0 Å². The van der Waals surface area contributed by atoms with Gasteiger partial charge in [0.1, 0.15) is 0 Å². The average Bonchev–Trinajstić information content (AvgIpc) is 2.55. The predicted octanol–water partition coefficient (Wildman–Crippen LogP) is 3.34. The molecule has 23 heavy (non-hydrogen) atoms. The minimum absolute atomic E-state index is 0.121. The third-order valence-electron chi connectivity index (χ3n) is 3.70. The summed E-state index contributed by atoms with van der Waals surface area (Å²) in [6, 6.07) is 15.5. The van der Waals surface area contributed by atoms with Crippen LogP contribution < -0.4 is 10.6 Å². The van der Waals surface area contributed by atoms with E-state index < -0.39 is 0 Å². The van der Waals surface area contributed by atoms with Crippen molar-refractivity contribution >= 4 is 17.5 Å². The van der Waals surface area contributed by atoms with Gasteiger partial charge in [0, 0.05) is 25.1 Å². The smallest absolute Gasteiger partial charge is 0.224 e. The standard InChI is InChI=1S/C19H22N2O2/c1-14-8-9-17(12-15(14)2)21-19(23)11-10-18(22)20-13-16-6-4-3-5-7-16/h3-9,12H,10-11,13H2,1-2H3,(H,20,22)(H,21,23). The molecule has 4 nitrogen and oxygen atoms in total. The highest BCUT2D eigenvalue weighted by molar-refractivity contribution is 5.93. The topological polar surface area (TPSA) is 58.2 Å². The van der Waals surface area contributed by atoms with Crippen molar-refractivity contribution in [2.75, 3.05) is 5.32 Å². The molecule has 2 aromatic carbocycles. The molecular formula is C19H22N2O2. The first kappa shape index (κ1) is 16.7.